The summed E-state index contributed by atoms with van der Waals surface area (Å²) >= 11 is 0. The van der Waals surface area contributed by atoms with E-state index in [1.807, 2.05) is 13.8 Å². The summed E-state index contributed by atoms with van der Waals surface area (Å²) in [5.41, 5.74) is 2.21. The molecule has 3 nitrogen and oxygen atoms in total. The van der Waals surface area contributed by atoms with Crippen LogP contribution < -0.4 is 5.48 Å². The van der Waals surface area contributed by atoms with Crippen LogP contribution in [0.25, 0.3) is 0 Å². The summed E-state index contributed by atoms with van der Waals surface area (Å²) in [6, 6.07) is 0. The number of amides is 1. The molecule has 58 valence electrons. The topological polar surface area (TPSA) is 38.3 Å². The Balaban J connectivity index is 3.19. The molecule has 0 spiro atoms. The highest BCUT2D eigenvalue weighted by molar-refractivity contribution is 5.85. The molecule has 1 amide bonds. The first-order chi connectivity index (χ1) is 4.66. The first kappa shape index (κ1) is 9.17. The third-order valence-corrected chi connectivity index (χ3v) is 0.775. The van der Waals surface area contributed by atoms with Crippen LogP contribution in [0.4, 0.5) is 0 Å². The Morgan fingerprint density at radius 3 is 2.80 bits per heavy atom. The second-order valence-electron chi connectivity index (χ2n) is 2.38. The molecular formula is C7H13NO2. The zero-order valence-corrected chi connectivity index (χ0v) is 6.39. The Hall–Kier alpha value is -0.830. The van der Waals surface area contributed by atoms with E-state index in [1.165, 1.54) is 6.08 Å². The van der Waals surface area contributed by atoms with Crippen LogP contribution in [0.2, 0.25) is 0 Å². The van der Waals surface area contributed by atoms with Gasteiger partial charge in [-0.3, -0.25) is 9.63 Å². The lowest BCUT2D eigenvalue weighted by atomic mass is 10.2. The maximum absolute atomic E-state index is 10.4. The molecule has 0 heterocycles. The predicted octanol–water partition coefficient (Wildman–Crippen LogP) is 0.876. The molecule has 1 N–H and O–H groups in total. The SMILES string of the molecule is C=CC(=O)NOCC(C)C. The Morgan fingerprint density at radius 2 is 2.40 bits per heavy atom. The van der Waals surface area contributed by atoms with Crippen molar-refractivity contribution in [3.05, 3.63) is 12.7 Å². The first-order valence-corrected chi connectivity index (χ1v) is 3.21. The van der Waals surface area contributed by atoms with E-state index >= 15 is 0 Å². The smallest absolute Gasteiger partial charge is 0.266 e. The third-order valence-electron chi connectivity index (χ3n) is 0.775. The van der Waals surface area contributed by atoms with Crippen molar-refractivity contribution in [3.63, 3.8) is 0 Å². The van der Waals surface area contributed by atoms with Gasteiger partial charge in [0.2, 0.25) is 0 Å². The van der Waals surface area contributed by atoms with E-state index in [1.54, 1.807) is 0 Å². The number of carbonyl (C=O) groups excluding carboxylic acids is 1. The molecule has 0 unspecified atom stereocenters. The summed E-state index contributed by atoms with van der Waals surface area (Å²) in [6.45, 7) is 7.79. The van der Waals surface area contributed by atoms with Crippen LogP contribution in [0.15, 0.2) is 12.7 Å². The van der Waals surface area contributed by atoms with E-state index in [9.17, 15) is 4.79 Å². The highest BCUT2D eigenvalue weighted by atomic mass is 16.6. The Labute approximate surface area is 61.0 Å². The highest BCUT2D eigenvalue weighted by Gasteiger charge is 1.95. The largest absolute Gasteiger partial charge is 0.273 e. The van der Waals surface area contributed by atoms with Gasteiger partial charge >= 0.3 is 0 Å². The number of hydroxylamine groups is 1. The van der Waals surface area contributed by atoms with Gasteiger partial charge in [0.05, 0.1) is 6.61 Å². The van der Waals surface area contributed by atoms with Crippen molar-refractivity contribution < 1.29 is 9.63 Å². The molecular weight excluding hydrogens is 130 g/mol. The van der Waals surface area contributed by atoms with Crippen molar-refractivity contribution in [3.8, 4) is 0 Å². The van der Waals surface area contributed by atoms with Gasteiger partial charge in [0.25, 0.3) is 5.91 Å². The molecule has 0 aliphatic rings. The Morgan fingerprint density at radius 1 is 1.80 bits per heavy atom. The monoisotopic (exact) mass is 143 g/mol. The van der Waals surface area contributed by atoms with Gasteiger partial charge in [0, 0.05) is 0 Å². The molecule has 0 radical (unpaired) electrons. The number of hydrogen-bond acceptors (Lipinski definition) is 2. The van der Waals surface area contributed by atoms with Crippen molar-refractivity contribution in [2.45, 2.75) is 13.8 Å². The highest BCUT2D eigenvalue weighted by Crippen LogP contribution is 1.89. The molecule has 0 rings (SSSR count). The molecule has 10 heavy (non-hydrogen) atoms. The molecule has 0 aromatic rings. The number of nitrogens with one attached hydrogen (secondary N) is 1. The van der Waals surface area contributed by atoms with Crippen LogP contribution in [0.3, 0.4) is 0 Å². The van der Waals surface area contributed by atoms with Crippen molar-refractivity contribution >= 4 is 5.91 Å². The first-order valence-electron chi connectivity index (χ1n) is 3.21. The van der Waals surface area contributed by atoms with E-state index in [-0.39, 0.29) is 5.91 Å². The fourth-order valence-electron chi connectivity index (χ4n) is 0.321. The summed E-state index contributed by atoms with van der Waals surface area (Å²) in [6.07, 6.45) is 1.17. The lowest BCUT2D eigenvalue weighted by molar-refractivity contribution is -0.129. The van der Waals surface area contributed by atoms with Crippen molar-refractivity contribution in [1.82, 2.24) is 5.48 Å². The number of carbonyl (C=O) groups is 1. The van der Waals surface area contributed by atoms with E-state index in [0.717, 1.165) is 0 Å². The standard InChI is InChI=1S/C7H13NO2/c1-4-7(9)8-10-5-6(2)3/h4,6H,1,5H2,2-3H3,(H,8,9). The van der Waals surface area contributed by atoms with Gasteiger partial charge in [-0.1, -0.05) is 20.4 Å². The Kier molecular flexibility index (Phi) is 4.58. The average Bonchev–Trinajstić information content (AvgIpc) is 1.87. The van der Waals surface area contributed by atoms with Crippen LogP contribution >= 0.6 is 0 Å². The van der Waals surface area contributed by atoms with Gasteiger partial charge in [0.1, 0.15) is 0 Å². The molecule has 0 saturated heterocycles. The van der Waals surface area contributed by atoms with Gasteiger partial charge in [-0.25, -0.2) is 5.48 Å². The number of rotatable bonds is 4. The lowest BCUT2D eigenvalue weighted by Gasteiger charge is -2.04. The Bertz CT molecular complexity index is 121. The van der Waals surface area contributed by atoms with Gasteiger partial charge in [-0.05, 0) is 12.0 Å². The van der Waals surface area contributed by atoms with Gasteiger partial charge in [-0.2, -0.15) is 0 Å². The van der Waals surface area contributed by atoms with Crippen LogP contribution in [0.1, 0.15) is 13.8 Å². The summed E-state index contributed by atoms with van der Waals surface area (Å²) in [4.78, 5) is 15.2. The van der Waals surface area contributed by atoms with Crippen molar-refractivity contribution in [1.29, 1.82) is 0 Å². The molecule has 0 bridgehead atoms. The van der Waals surface area contributed by atoms with Crippen LogP contribution in [-0.2, 0) is 9.63 Å². The predicted molar refractivity (Wildman–Crippen MR) is 39.1 cm³/mol. The minimum Gasteiger partial charge on any atom is -0.273 e. The summed E-state index contributed by atoms with van der Waals surface area (Å²) in [7, 11) is 0. The molecule has 0 aliphatic carbocycles. The molecule has 0 aliphatic heterocycles. The molecule has 0 aromatic carbocycles. The maximum atomic E-state index is 10.4. The van der Waals surface area contributed by atoms with Crippen LogP contribution in [0, 0.1) is 5.92 Å². The molecule has 0 atom stereocenters. The van der Waals surface area contributed by atoms with Gasteiger partial charge in [-0.15, -0.1) is 0 Å². The lowest BCUT2D eigenvalue weighted by Crippen LogP contribution is -2.23. The molecule has 0 fully saturated rings. The zero-order valence-electron chi connectivity index (χ0n) is 6.39. The minimum absolute atomic E-state index is 0.305. The maximum Gasteiger partial charge on any atom is 0.266 e. The quantitative estimate of drug-likeness (QED) is 0.468. The van der Waals surface area contributed by atoms with Crippen molar-refractivity contribution in [2.75, 3.05) is 6.61 Å². The second-order valence-corrected chi connectivity index (χ2v) is 2.38. The normalized spacial score (nSPS) is 9.50. The van der Waals surface area contributed by atoms with E-state index in [4.69, 9.17) is 4.84 Å². The molecule has 0 aromatic heterocycles. The molecule has 0 saturated carbocycles. The van der Waals surface area contributed by atoms with E-state index in [0.29, 0.717) is 12.5 Å². The van der Waals surface area contributed by atoms with E-state index in [2.05, 4.69) is 12.1 Å². The third kappa shape index (κ3) is 5.31. The molecule has 3 heteroatoms. The van der Waals surface area contributed by atoms with Gasteiger partial charge in [0.15, 0.2) is 0 Å². The van der Waals surface area contributed by atoms with Gasteiger partial charge < -0.3 is 0 Å². The summed E-state index contributed by atoms with van der Waals surface area (Å²) in [5.74, 6) is 0.116. The minimum atomic E-state index is -0.305. The van der Waals surface area contributed by atoms with Crippen LogP contribution in [0.5, 0.6) is 0 Å². The fraction of sp³-hybridized carbons (Fsp3) is 0.571. The van der Waals surface area contributed by atoms with Crippen molar-refractivity contribution in [2.24, 2.45) is 5.92 Å². The number of hydrogen-bond donors (Lipinski definition) is 1. The van der Waals surface area contributed by atoms with E-state index < -0.39 is 0 Å². The second kappa shape index (κ2) is 4.99. The fourth-order valence-corrected chi connectivity index (χ4v) is 0.321. The average molecular weight is 143 g/mol. The van der Waals surface area contributed by atoms with Crippen LogP contribution in [-0.4, -0.2) is 12.5 Å². The summed E-state index contributed by atoms with van der Waals surface area (Å²) < 4.78 is 0. The summed E-state index contributed by atoms with van der Waals surface area (Å²) in [5, 5.41) is 0. The zero-order chi connectivity index (χ0) is 7.98.